The number of hydrogen-bond donors (Lipinski definition) is 2. The van der Waals surface area contributed by atoms with Crippen LogP contribution in [0.3, 0.4) is 0 Å². The van der Waals surface area contributed by atoms with Crippen molar-refractivity contribution in [2.45, 2.75) is 12.8 Å². The Morgan fingerprint density at radius 1 is 1.40 bits per heavy atom. The first-order valence-corrected chi connectivity index (χ1v) is 5.01. The van der Waals surface area contributed by atoms with Crippen molar-refractivity contribution in [3.05, 3.63) is 28.7 Å². The van der Waals surface area contributed by atoms with E-state index in [4.69, 9.17) is 0 Å². The van der Waals surface area contributed by atoms with Crippen molar-refractivity contribution in [3.63, 3.8) is 0 Å². The van der Waals surface area contributed by atoms with Crippen LogP contribution in [0.25, 0.3) is 0 Å². The predicted molar refractivity (Wildman–Crippen MR) is 56.9 cm³/mol. The summed E-state index contributed by atoms with van der Waals surface area (Å²) >= 11 is 0. The summed E-state index contributed by atoms with van der Waals surface area (Å²) in [7, 11) is 0. The third-order valence-electron chi connectivity index (χ3n) is 2.45. The minimum Gasteiger partial charge on any atom is -0.327 e. The van der Waals surface area contributed by atoms with Gasteiger partial charge in [-0.2, -0.15) is 0 Å². The SMILES string of the molecule is O=C(Nc1ccc[nH]c1=O)N1CCCC1. The van der Waals surface area contributed by atoms with E-state index in [-0.39, 0.29) is 11.6 Å². The quantitative estimate of drug-likeness (QED) is 0.721. The van der Waals surface area contributed by atoms with Gasteiger partial charge in [-0.3, -0.25) is 4.79 Å². The molecule has 2 N–H and O–H groups in total. The number of anilines is 1. The molecule has 1 aliphatic heterocycles. The molecule has 80 valence electrons. The second-order valence-electron chi connectivity index (χ2n) is 3.54. The number of urea groups is 1. The number of aromatic nitrogens is 1. The molecule has 0 spiro atoms. The summed E-state index contributed by atoms with van der Waals surface area (Å²) < 4.78 is 0. The molecule has 0 bridgehead atoms. The van der Waals surface area contributed by atoms with Gasteiger partial charge in [-0.15, -0.1) is 0 Å². The molecule has 1 saturated heterocycles. The number of nitrogens with one attached hydrogen (secondary N) is 2. The van der Waals surface area contributed by atoms with Crippen LogP contribution in [0.5, 0.6) is 0 Å². The smallest absolute Gasteiger partial charge is 0.321 e. The van der Waals surface area contributed by atoms with Gasteiger partial charge in [0.05, 0.1) is 0 Å². The van der Waals surface area contributed by atoms with Gasteiger partial charge in [0.1, 0.15) is 5.69 Å². The maximum Gasteiger partial charge on any atom is 0.321 e. The second-order valence-corrected chi connectivity index (χ2v) is 3.54. The zero-order chi connectivity index (χ0) is 10.7. The van der Waals surface area contributed by atoms with Crippen molar-refractivity contribution in [3.8, 4) is 0 Å². The Morgan fingerprint density at radius 3 is 2.80 bits per heavy atom. The van der Waals surface area contributed by atoms with Crippen molar-refractivity contribution in [2.24, 2.45) is 0 Å². The fourth-order valence-electron chi connectivity index (χ4n) is 1.63. The zero-order valence-electron chi connectivity index (χ0n) is 8.32. The maximum atomic E-state index is 11.6. The van der Waals surface area contributed by atoms with E-state index in [9.17, 15) is 9.59 Å². The summed E-state index contributed by atoms with van der Waals surface area (Å²) in [5.74, 6) is 0. The van der Waals surface area contributed by atoms with Crippen LogP contribution < -0.4 is 10.9 Å². The summed E-state index contributed by atoms with van der Waals surface area (Å²) in [5, 5.41) is 2.60. The number of H-pyrrole nitrogens is 1. The van der Waals surface area contributed by atoms with Crippen LogP contribution in [0.2, 0.25) is 0 Å². The Labute approximate surface area is 87.1 Å². The van der Waals surface area contributed by atoms with Gasteiger partial charge in [-0.05, 0) is 25.0 Å². The molecule has 5 nitrogen and oxygen atoms in total. The van der Waals surface area contributed by atoms with Gasteiger partial charge in [-0.25, -0.2) is 4.79 Å². The highest BCUT2D eigenvalue weighted by Gasteiger charge is 2.18. The Balaban J connectivity index is 2.05. The van der Waals surface area contributed by atoms with Crippen LogP contribution in [0, 0.1) is 0 Å². The topological polar surface area (TPSA) is 65.2 Å². The summed E-state index contributed by atoms with van der Waals surface area (Å²) in [6.07, 6.45) is 3.62. The van der Waals surface area contributed by atoms with E-state index >= 15 is 0 Å². The van der Waals surface area contributed by atoms with Gasteiger partial charge in [0.15, 0.2) is 0 Å². The van der Waals surface area contributed by atoms with E-state index in [1.54, 1.807) is 17.0 Å². The van der Waals surface area contributed by atoms with Crippen molar-refractivity contribution in [2.75, 3.05) is 18.4 Å². The molecular formula is C10H13N3O2. The van der Waals surface area contributed by atoms with Crippen molar-refractivity contribution in [1.29, 1.82) is 0 Å². The van der Waals surface area contributed by atoms with Gasteiger partial charge in [0.25, 0.3) is 5.56 Å². The summed E-state index contributed by atoms with van der Waals surface area (Å²) in [4.78, 5) is 27.1. The standard InChI is InChI=1S/C10H13N3O2/c14-9-8(4-3-5-11-9)12-10(15)13-6-1-2-7-13/h3-5H,1-2,6-7H2,(H,11,14)(H,12,15). The lowest BCUT2D eigenvalue weighted by Crippen LogP contribution is -2.33. The second kappa shape index (κ2) is 4.16. The lowest BCUT2D eigenvalue weighted by atomic mass is 10.4. The normalized spacial score (nSPS) is 15.3. The van der Waals surface area contributed by atoms with E-state index in [2.05, 4.69) is 10.3 Å². The van der Waals surface area contributed by atoms with Gasteiger partial charge in [0.2, 0.25) is 0 Å². The van der Waals surface area contributed by atoms with Crippen LogP contribution in [-0.2, 0) is 0 Å². The fourth-order valence-corrected chi connectivity index (χ4v) is 1.63. The molecule has 1 aromatic heterocycles. The average molecular weight is 207 g/mol. The monoisotopic (exact) mass is 207 g/mol. The lowest BCUT2D eigenvalue weighted by Gasteiger charge is -2.15. The van der Waals surface area contributed by atoms with E-state index in [0.717, 1.165) is 25.9 Å². The summed E-state index contributed by atoms with van der Waals surface area (Å²) in [5.41, 5.74) is 0.0273. The highest BCUT2D eigenvalue weighted by atomic mass is 16.2. The third kappa shape index (κ3) is 2.18. The first-order valence-electron chi connectivity index (χ1n) is 5.01. The number of carbonyl (C=O) groups is 1. The third-order valence-corrected chi connectivity index (χ3v) is 2.45. The highest BCUT2D eigenvalue weighted by molar-refractivity contribution is 5.89. The Kier molecular flexibility index (Phi) is 2.71. The van der Waals surface area contributed by atoms with Crippen molar-refractivity contribution < 1.29 is 4.79 Å². The highest BCUT2D eigenvalue weighted by Crippen LogP contribution is 2.09. The summed E-state index contributed by atoms with van der Waals surface area (Å²) in [6, 6.07) is 3.08. The van der Waals surface area contributed by atoms with Crippen molar-refractivity contribution in [1.82, 2.24) is 9.88 Å². The number of hydrogen-bond acceptors (Lipinski definition) is 2. The zero-order valence-corrected chi connectivity index (χ0v) is 8.32. The predicted octanol–water partition coefficient (Wildman–Crippen LogP) is 1.00. The molecule has 0 saturated carbocycles. The van der Waals surface area contributed by atoms with E-state index in [0.29, 0.717) is 5.69 Å². The number of rotatable bonds is 1. The van der Waals surface area contributed by atoms with E-state index in [1.807, 2.05) is 0 Å². The molecule has 2 amide bonds. The molecule has 1 aromatic rings. The molecule has 5 heteroatoms. The largest absolute Gasteiger partial charge is 0.327 e. The molecule has 2 heterocycles. The van der Waals surface area contributed by atoms with E-state index in [1.165, 1.54) is 6.20 Å². The first-order chi connectivity index (χ1) is 7.27. The molecular weight excluding hydrogens is 194 g/mol. The van der Waals surface area contributed by atoms with Gasteiger partial charge in [-0.1, -0.05) is 0 Å². The number of likely N-dealkylation sites (tertiary alicyclic amines) is 1. The van der Waals surface area contributed by atoms with E-state index < -0.39 is 0 Å². The molecule has 1 aliphatic rings. The molecule has 0 aromatic carbocycles. The molecule has 2 rings (SSSR count). The lowest BCUT2D eigenvalue weighted by molar-refractivity contribution is 0.222. The number of aromatic amines is 1. The average Bonchev–Trinajstić information content (AvgIpc) is 2.74. The van der Waals surface area contributed by atoms with Crippen LogP contribution in [-0.4, -0.2) is 29.0 Å². The number of pyridine rings is 1. The van der Waals surface area contributed by atoms with Crippen molar-refractivity contribution >= 4 is 11.7 Å². The van der Waals surface area contributed by atoms with Gasteiger partial charge >= 0.3 is 6.03 Å². The van der Waals surface area contributed by atoms with Gasteiger partial charge < -0.3 is 15.2 Å². The summed E-state index contributed by atoms with van der Waals surface area (Å²) in [6.45, 7) is 1.55. The maximum absolute atomic E-state index is 11.6. The van der Waals surface area contributed by atoms with Crippen LogP contribution in [0.4, 0.5) is 10.5 Å². The van der Waals surface area contributed by atoms with Gasteiger partial charge in [0, 0.05) is 19.3 Å². The number of amides is 2. The molecule has 0 atom stereocenters. The van der Waals surface area contributed by atoms with Crippen LogP contribution in [0.1, 0.15) is 12.8 Å². The molecule has 0 aliphatic carbocycles. The van der Waals surface area contributed by atoms with Crippen LogP contribution >= 0.6 is 0 Å². The van der Waals surface area contributed by atoms with Crippen LogP contribution in [0.15, 0.2) is 23.1 Å². The molecule has 0 radical (unpaired) electrons. The molecule has 0 unspecified atom stereocenters. The fraction of sp³-hybridized carbons (Fsp3) is 0.400. The minimum atomic E-state index is -0.273. The Hall–Kier alpha value is -1.78. The number of nitrogens with zero attached hydrogens (tertiary/aromatic N) is 1. The molecule has 1 fully saturated rings. The Bertz CT molecular complexity index is 407. The number of carbonyl (C=O) groups excluding carboxylic acids is 1. The first kappa shape index (κ1) is 9.76. The molecule has 15 heavy (non-hydrogen) atoms. The Morgan fingerprint density at radius 2 is 2.13 bits per heavy atom. The minimum absolute atomic E-state index is 0.191.